The average Bonchev–Trinajstić information content (AvgIpc) is 3.15. The molecule has 0 radical (unpaired) electrons. The van der Waals surface area contributed by atoms with Crippen LogP contribution in [0.3, 0.4) is 0 Å². The van der Waals surface area contributed by atoms with Gasteiger partial charge < -0.3 is 23.9 Å². The zero-order valence-corrected chi connectivity index (χ0v) is 14.5. The fourth-order valence-corrected chi connectivity index (χ4v) is 2.39. The average molecular weight is 381 g/mol. The third-order valence-corrected chi connectivity index (χ3v) is 3.64. The van der Waals surface area contributed by atoms with Crippen LogP contribution >= 0.6 is 0 Å². The molecule has 0 saturated heterocycles. The van der Waals surface area contributed by atoms with E-state index in [0.29, 0.717) is 17.1 Å². The quantitative estimate of drug-likeness (QED) is 0.648. The maximum Gasteiger partial charge on any atom is 0.320 e. The van der Waals surface area contributed by atoms with Crippen LogP contribution in [0.5, 0.6) is 17.2 Å². The van der Waals surface area contributed by atoms with Gasteiger partial charge in [-0.05, 0) is 24.3 Å². The Kier molecular flexibility index (Phi) is 5.06. The van der Waals surface area contributed by atoms with Gasteiger partial charge in [0.25, 0.3) is 5.89 Å². The van der Waals surface area contributed by atoms with Crippen LogP contribution in [0.25, 0.3) is 11.5 Å². The number of methoxy groups -OCH3 is 3. The molecule has 1 aromatic heterocycles. The van der Waals surface area contributed by atoms with Crippen LogP contribution in [0.1, 0.15) is 0 Å². The van der Waals surface area contributed by atoms with Gasteiger partial charge in [0.2, 0.25) is 5.75 Å². The van der Waals surface area contributed by atoms with Crippen molar-refractivity contribution in [3.63, 3.8) is 0 Å². The van der Waals surface area contributed by atoms with Gasteiger partial charge in [-0.25, -0.2) is 13.2 Å². The Morgan fingerprint density at radius 2 is 1.59 bits per heavy atom. The van der Waals surface area contributed by atoms with Gasteiger partial charge >= 0.3 is 6.01 Å². The number of halogens is 3. The summed E-state index contributed by atoms with van der Waals surface area (Å²) in [7, 11) is 4.34. The molecule has 0 fully saturated rings. The van der Waals surface area contributed by atoms with E-state index in [-0.39, 0.29) is 23.3 Å². The highest BCUT2D eigenvalue weighted by Gasteiger charge is 2.22. The van der Waals surface area contributed by atoms with Crippen LogP contribution in [0, 0.1) is 17.5 Å². The van der Waals surface area contributed by atoms with Crippen molar-refractivity contribution >= 4 is 11.7 Å². The number of rotatable bonds is 6. The highest BCUT2D eigenvalue weighted by atomic mass is 19.2. The van der Waals surface area contributed by atoms with Crippen molar-refractivity contribution in [1.82, 2.24) is 10.2 Å². The minimum atomic E-state index is -1.61. The Hall–Kier alpha value is -3.43. The SMILES string of the molecule is COc1ccc(-c2nnc(Nc3ccc(F)c(F)c3F)o2)c(OC)c1OC. The molecule has 1 heterocycles. The zero-order valence-electron chi connectivity index (χ0n) is 14.5. The number of anilines is 2. The largest absolute Gasteiger partial charge is 0.493 e. The summed E-state index contributed by atoms with van der Waals surface area (Å²) in [6, 6.07) is 4.77. The molecule has 0 aliphatic rings. The second-order valence-electron chi connectivity index (χ2n) is 5.14. The minimum Gasteiger partial charge on any atom is -0.493 e. The first kappa shape index (κ1) is 18.4. The molecule has 0 spiro atoms. The maximum absolute atomic E-state index is 13.8. The summed E-state index contributed by atoms with van der Waals surface area (Å²) in [5.74, 6) is -3.26. The Morgan fingerprint density at radius 3 is 2.26 bits per heavy atom. The Labute approximate surface area is 151 Å². The highest BCUT2D eigenvalue weighted by Crippen LogP contribution is 2.44. The van der Waals surface area contributed by atoms with Gasteiger partial charge in [-0.1, -0.05) is 5.10 Å². The van der Waals surface area contributed by atoms with Gasteiger partial charge in [-0.3, -0.25) is 0 Å². The summed E-state index contributed by atoms with van der Waals surface area (Å²) in [4.78, 5) is 0. The molecule has 3 rings (SSSR count). The number of nitrogens with zero attached hydrogens (tertiary/aromatic N) is 2. The fourth-order valence-electron chi connectivity index (χ4n) is 2.39. The van der Waals surface area contributed by atoms with E-state index in [1.165, 1.54) is 21.3 Å². The second kappa shape index (κ2) is 7.44. The van der Waals surface area contributed by atoms with Crippen LogP contribution in [0.2, 0.25) is 0 Å². The van der Waals surface area contributed by atoms with Crippen molar-refractivity contribution in [1.29, 1.82) is 0 Å². The molecule has 0 aliphatic carbocycles. The lowest BCUT2D eigenvalue weighted by atomic mass is 10.1. The van der Waals surface area contributed by atoms with E-state index in [0.717, 1.165) is 12.1 Å². The van der Waals surface area contributed by atoms with E-state index in [4.69, 9.17) is 18.6 Å². The molecule has 0 saturated carbocycles. The van der Waals surface area contributed by atoms with Gasteiger partial charge in [0, 0.05) is 0 Å². The van der Waals surface area contributed by atoms with Gasteiger partial charge in [-0.15, -0.1) is 5.10 Å². The molecule has 1 N–H and O–H groups in total. The van der Waals surface area contributed by atoms with Gasteiger partial charge in [-0.2, -0.15) is 0 Å². The summed E-state index contributed by atoms with van der Waals surface area (Å²) in [6.45, 7) is 0. The standard InChI is InChI=1S/C17H14F3N3O4/c1-24-11-7-4-8(14(25-2)15(11)26-3)16-22-23-17(27-16)21-10-6-5-9(18)12(19)13(10)20/h4-7H,1-3H3,(H,21,23). The first-order valence-corrected chi connectivity index (χ1v) is 7.53. The van der Waals surface area contributed by atoms with E-state index in [9.17, 15) is 13.2 Å². The van der Waals surface area contributed by atoms with Crippen molar-refractivity contribution in [2.24, 2.45) is 0 Å². The van der Waals surface area contributed by atoms with E-state index < -0.39 is 17.5 Å². The molecular formula is C17H14F3N3O4. The molecule has 3 aromatic rings. The molecule has 0 aliphatic heterocycles. The Morgan fingerprint density at radius 1 is 0.852 bits per heavy atom. The predicted octanol–water partition coefficient (Wildman–Crippen LogP) is 3.92. The van der Waals surface area contributed by atoms with Crippen LogP contribution in [0.15, 0.2) is 28.7 Å². The van der Waals surface area contributed by atoms with Crippen molar-refractivity contribution in [3.8, 4) is 28.7 Å². The zero-order chi connectivity index (χ0) is 19.6. The summed E-state index contributed by atoms with van der Waals surface area (Å²) in [5, 5.41) is 9.96. The highest BCUT2D eigenvalue weighted by molar-refractivity contribution is 5.71. The molecule has 0 bridgehead atoms. The second-order valence-corrected chi connectivity index (χ2v) is 5.14. The topological polar surface area (TPSA) is 78.6 Å². The maximum atomic E-state index is 13.8. The summed E-state index contributed by atoms with van der Waals surface area (Å²) in [6.07, 6.45) is 0. The molecule has 10 heteroatoms. The number of hydrogen-bond acceptors (Lipinski definition) is 7. The monoisotopic (exact) mass is 381 g/mol. The summed E-state index contributed by atoms with van der Waals surface area (Å²) >= 11 is 0. The number of hydrogen-bond donors (Lipinski definition) is 1. The molecule has 0 amide bonds. The van der Waals surface area contributed by atoms with E-state index >= 15 is 0 Å². The normalized spacial score (nSPS) is 10.6. The lowest BCUT2D eigenvalue weighted by Gasteiger charge is -2.13. The molecule has 0 unspecified atom stereocenters. The lowest BCUT2D eigenvalue weighted by molar-refractivity contribution is 0.324. The summed E-state index contributed by atoms with van der Waals surface area (Å²) < 4.78 is 61.3. The van der Waals surface area contributed by atoms with E-state index in [1.54, 1.807) is 12.1 Å². The lowest BCUT2D eigenvalue weighted by Crippen LogP contribution is -1.98. The van der Waals surface area contributed by atoms with Crippen molar-refractivity contribution in [3.05, 3.63) is 41.7 Å². The van der Waals surface area contributed by atoms with E-state index in [2.05, 4.69) is 15.5 Å². The van der Waals surface area contributed by atoms with Crippen LogP contribution < -0.4 is 19.5 Å². The van der Waals surface area contributed by atoms with Gasteiger partial charge in [0.1, 0.15) is 0 Å². The van der Waals surface area contributed by atoms with Crippen LogP contribution in [0.4, 0.5) is 24.9 Å². The number of aromatic nitrogens is 2. The first-order valence-electron chi connectivity index (χ1n) is 7.53. The first-order chi connectivity index (χ1) is 13.0. The minimum absolute atomic E-state index is 0.0262. The fraction of sp³-hybridized carbons (Fsp3) is 0.176. The smallest absolute Gasteiger partial charge is 0.320 e. The van der Waals surface area contributed by atoms with E-state index in [1.807, 2.05) is 0 Å². The van der Waals surface area contributed by atoms with Crippen LogP contribution in [-0.4, -0.2) is 31.5 Å². The molecule has 2 aromatic carbocycles. The van der Waals surface area contributed by atoms with Crippen molar-refractivity contribution in [2.75, 3.05) is 26.6 Å². The van der Waals surface area contributed by atoms with Crippen LogP contribution in [-0.2, 0) is 0 Å². The third-order valence-electron chi connectivity index (χ3n) is 3.64. The number of nitrogens with one attached hydrogen (secondary N) is 1. The van der Waals surface area contributed by atoms with Gasteiger partial charge in [0.15, 0.2) is 29.0 Å². The molecule has 7 nitrogen and oxygen atoms in total. The number of ether oxygens (including phenoxy) is 3. The van der Waals surface area contributed by atoms with Crippen molar-refractivity contribution in [2.45, 2.75) is 0 Å². The van der Waals surface area contributed by atoms with Gasteiger partial charge in [0.05, 0.1) is 32.6 Å². The molecule has 142 valence electrons. The predicted molar refractivity (Wildman–Crippen MR) is 89.0 cm³/mol. The Balaban J connectivity index is 1.96. The summed E-state index contributed by atoms with van der Waals surface area (Å²) in [5.41, 5.74) is 0.0323. The third kappa shape index (κ3) is 3.33. The molecule has 27 heavy (non-hydrogen) atoms. The number of benzene rings is 2. The molecular weight excluding hydrogens is 367 g/mol. The van der Waals surface area contributed by atoms with Crippen molar-refractivity contribution < 1.29 is 31.8 Å². The molecule has 0 atom stereocenters. The Bertz CT molecular complexity index is 978.